The van der Waals surface area contributed by atoms with Gasteiger partial charge < -0.3 is 10.2 Å². The topological polar surface area (TPSA) is 49.4 Å². The second kappa shape index (κ2) is 11.8. The first kappa shape index (κ1) is 23.2. The zero-order valence-corrected chi connectivity index (χ0v) is 18.5. The SMILES string of the molecule is CCCNC(=O)[C@@H](Cc1ccccc1)N(Cc1ccc(Cl)cc1Cl)C(=O)CCC. The van der Waals surface area contributed by atoms with Crippen LogP contribution in [0.1, 0.15) is 44.2 Å². The van der Waals surface area contributed by atoms with Crippen molar-refractivity contribution in [1.82, 2.24) is 10.2 Å². The number of nitrogens with zero attached hydrogens (tertiary/aromatic N) is 1. The lowest BCUT2D eigenvalue weighted by Gasteiger charge is -2.32. The Morgan fingerprint density at radius 1 is 1.03 bits per heavy atom. The Bertz CT molecular complexity index is 812. The lowest BCUT2D eigenvalue weighted by molar-refractivity contribution is -0.141. The van der Waals surface area contributed by atoms with Gasteiger partial charge in [-0.05, 0) is 36.1 Å². The molecule has 2 aromatic rings. The van der Waals surface area contributed by atoms with E-state index in [-0.39, 0.29) is 18.4 Å². The van der Waals surface area contributed by atoms with Crippen LogP contribution < -0.4 is 5.32 Å². The third kappa shape index (κ3) is 7.06. The van der Waals surface area contributed by atoms with E-state index < -0.39 is 6.04 Å². The maximum absolute atomic E-state index is 13.0. The third-order valence-corrected chi connectivity index (χ3v) is 5.23. The van der Waals surface area contributed by atoms with Crippen molar-refractivity contribution in [2.24, 2.45) is 0 Å². The Morgan fingerprint density at radius 2 is 1.76 bits per heavy atom. The number of hydrogen-bond acceptors (Lipinski definition) is 2. The summed E-state index contributed by atoms with van der Waals surface area (Å²) in [4.78, 5) is 27.7. The van der Waals surface area contributed by atoms with E-state index in [1.807, 2.05) is 44.2 Å². The molecular formula is C23H28Cl2N2O2. The van der Waals surface area contributed by atoms with Gasteiger partial charge in [0, 0.05) is 36.0 Å². The Balaban J connectivity index is 2.38. The first-order valence-corrected chi connectivity index (χ1v) is 10.8. The molecule has 0 saturated carbocycles. The van der Waals surface area contributed by atoms with Crippen LogP contribution >= 0.6 is 23.2 Å². The first-order valence-electron chi connectivity index (χ1n) is 10.0. The molecule has 0 heterocycles. The van der Waals surface area contributed by atoms with Crippen LogP contribution in [0.4, 0.5) is 0 Å². The number of halogens is 2. The number of benzene rings is 2. The molecule has 29 heavy (non-hydrogen) atoms. The van der Waals surface area contributed by atoms with Crippen LogP contribution in [-0.4, -0.2) is 29.3 Å². The van der Waals surface area contributed by atoms with Crippen molar-refractivity contribution in [1.29, 1.82) is 0 Å². The van der Waals surface area contributed by atoms with E-state index in [4.69, 9.17) is 23.2 Å². The maximum atomic E-state index is 13.0. The summed E-state index contributed by atoms with van der Waals surface area (Å²) < 4.78 is 0. The van der Waals surface area contributed by atoms with Crippen molar-refractivity contribution < 1.29 is 9.59 Å². The van der Waals surface area contributed by atoms with Crippen LogP contribution in [0.15, 0.2) is 48.5 Å². The molecule has 0 spiro atoms. The van der Waals surface area contributed by atoms with Crippen LogP contribution in [0.3, 0.4) is 0 Å². The molecule has 2 aromatic carbocycles. The fourth-order valence-electron chi connectivity index (χ4n) is 3.11. The van der Waals surface area contributed by atoms with Crippen molar-refractivity contribution in [3.63, 3.8) is 0 Å². The predicted molar refractivity (Wildman–Crippen MR) is 119 cm³/mol. The van der Waals surface area contributed by atoms with Gasteiger partial charge in [0.25, 0.3) is 0 Å². The highest BCUT2D eigenvalue weighted by Gasteiger charge is 2.30. The van der Waals surface area contributed by atoms with Gasteiger partial charge in [0.1, 0.15) is 6.04 Å². The standard InChI is InChI=1S/C23H28Cl2N2O2/c1-3-8-22(28)27(16-18-11-12-19(24)15-20(18)25)21(23(29)26-13-4-2)14-17-9-6-5-7-10-17/h5-7,9-12,15,21H,3-4,8,13-14,16H2,1-2H3,(H,26,29)/t21-/m1/s1. The number of amides is 2. The zero-order valence-electron chi connectivity index (χ0n) is 17.0. The minimum absolute atomic E-state index is 0.0638. The van der Waals surface area contributed by atoms with Crippen LogP contribution in [0, 0.1) is 0 Å². The van der Waals surface area contributed by atoms with E-state index in [1.165, 1.54) is 0 Å². The van der Waals surface area contributed by atoms with Crippen LogP contribution in [0.25, 0.3) is 0 Å². The van der Waals surface area contributed by atoms with Gasteiger partial charge in [-0.1, -0.05) is 73.4 Å². The summed E-state index contributed by atoms with van der Waals surface area (Å²) >= 11 is 12.4. The van der Waals surface area contributed by atoms with E-state index in [9.17, 15) is 9.59 Å². The molecule has 0 fully saturated rings. The fourth-order valence-corrected chi connectivity index (χ4v) is 3.58. The number of carbonyl (C=O) groups is 2. The quantitative estimate of drug-likeness (QED) is 0.554. The maximum Gasteiger partial charge on any atom is 0.243 e. The molecule has 0 aromatic heterocycles. The molecule has 0 radical (unpaired) electrons. The van der Waals surface area contributed by atoms with Gasteiger partial charge in [-0.15, -0.1) is 0 Å². The number of hydrogen-bond donors (Lipinski definition) is 1. The molecule has 0 bridgehead atoms. The molecule has 1 atom stereocenters. The number of nitrogens with one attached hydrogen (secondary N) is 1. The number of rotatable bonds is 10. The second-order valence-electron chi connectivity index (χ2n) is 7.00. The Hall–Kier alpha value is -2.04. The van der Waals surface area contributed by atoms with Gasteiger partial charge in [0.15, 0.2) is 0 Å². The molecular weight excluding hydrogens is 407 g/mol. The minimum Gasteiger partial charge on any atom is -0.354 e. The van der Waals surface area contributed by atoms with Gasteiger partial charge in [0.2, 0.25) is 11.8 Å². The fraction of sp³-hybridized carbons (Fsp3) is 0.391. The van der Waals surface area contributed by atoms with E-state index in [1.54, 1.807) is 23.1 Å². The predicted octanol–water partition coefficient (Wildman–Crippen LogP) is 5.26. The Morgan fingerprint density at radius 3 is 2.38 bits per heavy atom. The average molecular weight is 435 g/mol. The summed E-state index contributed by atoms with van der Waals surface area (Å²) in [6.07, 6.45) is 2.35. The smallest absolute Gasteiger partial charge is 0.243 e. The average Bonchev–Trinajstić information content (AvgIpc) is 2.71. The molecule has 156 valence electrons. The summed E-state index contributed by atoms with van der Waals surface area (Å²) in [5.74, 6) is -0.212. The van der Waals surface area contributed by atoms with Crippen molar-refractivity contribution in [3.8, 4) is 0 Å². The highest BCUT2D eigenvalue weighted by Crippen LogP contribution is 2.24. The van der Waals surface area contributed by atoms with E-state index in [2.05, 4.69) is 5.32 Å². The highest BCUT2D eigenvalue weighted by molar-refractivity contribution is 6.35. The van der Waals surface area contributed by atoms with Crippen LogP contribution in [-0.2, 0) is 22.6 Å². The largest absolute Gasteiger partial charge is 0.354 e. The summed E-state index contributed by atoms with van der Waals surface area (Å²) in [5.41, 5.74) is 1.77. The summed E-state index contributed by atoms with van der Waals surface area (Å²) in [7, 11) is 0. The molecule has 0 aliphatic heterocycles. The van der Waals surface area contributed by atoms with Gasteiger partial charge in [-0.25, -0.2) is 0 Å². The zero-order chi connectivity index (χ0) is 21.2. The summed E-state index contributed by atoms with van der Waals surface area (Å²) in [5, 5.41) is 3.97. The molecule has 1 N–H and O–H groups in total. The molecule has 2 rings (SSSR count). The van der Waals surface area contributed by atoms with Gasteiger partial charge in [0.05, 0.1) is 0 Å². The van der Waals surface area contributed by atoms with Crippen molar-refractivity contribution in [2.45, 2.75) is 52.1 Å². The van der Waals surface area contributed by atoms with Gasteiger partial charge in [-0.2, -0.15) is 0 Å². The van der Waals surface area contributed by atoms with Crippen molar-refractivity contribution in [3.05, 3.63) is 69.7 Å². The lowest BCUT2D eigenvalue weighted by atomic mass is 10.0. The minimum atomic E-state index is -0.616. The summed E-state index contributed by atoms with van der Waals surface area (Å²) in [6, 6.07) is 14.3. The van der Waals surface area contributed by atoms with Crippen molar-refractivity contribution in [2.75, 3.05) is 6.54 Å². The molecule has 0 aliphatic rings. The normalized spacial score (nSPS) is 11.7. The van der Waals surface area contributed by atoms with E-state index in [0.717, 1.165) is 17.5 Å². The molecule has 0 unspecified atom stereocenters. The summed E-state index contributed by atoms with van der Waals surface area (Å²) in [6.45, 7) is 4.78. The molecule has 4 nitrogen and oxygen atoms in total. The van der Waals surface area contributed by atoms with Crippen LogP contribution in [0.2, 0.25) is 10.0 Å². The molecule has 0 aliphatic carbocycles. The van der Waals surface area contributed by atoms with E-state index >= 15 is 0 Å². The van der Waals surface area contributed by atoms with Gasteiger partial charge in [-0.3, -0.25) is 9.59 Å². The highest BCUT2D eigenvalue weighted by atomic mass is 35.5. The second-order valence-corrected chi connectivity index (χ2v) is 7.85. The lowest BCUT2D eigenvalue weighted by Crippen LogP contribution is -2.50. The molecule has 6 heteroatoms. The molecule has 2 amide bonds. The number of carbonyl (C=O) groups excluding carboxylic acids is 2. The van der Waals surface area contributed by atoms with Crippen molar-refractivity contribution >= 4 is 35.0 Å². The van der Waals surface area contributed by atoms with Crippen LogP contribution in [0.5, 0.6) is 0 Å². The third-order valence-electron chi connectivity index (χ3n) is 4.64. The first-order chi connectivity index (χ1) is 14.0. The monoisotopic (exact) mass is 434 g/mol. The van der Waals surface area contributed by atoms with E-state index in [0.29, 0.717) is 35.9 Å². The molecule has 0 saturated heterocycles. The Kier molecular flexibility index (Phi) is 9.49. The Labute approximate surface area is 183 Å². The van der Waals surface area contributed by atoms with Gasteiger partial charge >= 0.3 is 0 Å².